The highest BCUT2D eigenvalue weighted by Crippen LogP contribution is 2.57. The SMILES string of the molecule is COc1ccc2ncc(F)c(CCN3C[C@H]4C(NC(=O)c5ccc6c(n5)NC(=O)CS6)C4(C)C3)c2n1. The molecular formula is C25H25FN6O3S. The van der Waals surface area contributed by atoms with E-state index in [1.165, 1.54) is 25.1 Å². The van der Waals surface area contributed by atoms with Crippen LogP contribution in [0.4, 0.5) is 10.2 Å². The first-order valence-corrected chi connectivity index (χ1v) is 12.8. The molecule has 3 aliphatic rings. The van der Waals surface area contributed by atoms with Crippen LogP contribution in [0.25, 0.3) is 11.0 Å². The van der Waals surface area contributed by atoms with Gasteiger partial charge in [-0.15, -0.1) is 11.8 Å². The molecule has 2 fully saturated rings. The molecule has 1 saturated heterocycles. The van der Waals surface area contributed by atoms with E-state index in [1.54, 1.807) is 18.2 Å². The Kier molecular flexibility index (Phi) is 5.56. The molecule has 0 aromatic carbocycles. The molecule has 5 heterocycles. The Labute approximate surface area is 211 Å². The van der Waals surface area contributed by atoms with Crippen molar-refractivity contribution in [2.45, 2.75) is 24.3 Å². The van der Waals surface area contributed by atoms with E-state index in [1.807, 2.05) is 6.07 Å². The van der Waals surface area contributed by atoms with Crippen molar-refractivity contribution in [3.05, 3.63) is 47.5 Å². The van der Waals surface area contributed by atoms with Crippen molar-refractivity contribution in [3.8, 4) is 5.88 Å². The number of nitrogens with zero attached hydrogens (tertiary/aromatic N) is 4. The summed E-state index contributed by atoms with van der Waals surface area (Å²) in [5, 5.41) is 5.86. The number of piperidine rings is 1. The average Bonchev–Trinajstić information content (AvgIpc) is 3.22. The van der Waals surface area contributed by atoms with Gasteiger partial charge in [0, 0.05) is 48.6 Å². The van der Waals surface area contributed by atoms with Crippen LogP contribution in [0.15, 0.2) is 35.4 Å². The molecule has 2 unspecified atom stereocenters. The summed E-state index contributed by atoms with van der Waals surface area (Å²) >= 11 is 1.41. The number of hydrogen-bond acceptors (Lipinski definition) is 8. The molecular weight excluding hydrogens is 483 g/mol. The Morgan fingerprint density at radius 1 is 1.33 bits per heavy atom. The topological polar surface area (TPSA) is 109 Å². The van der Waals surface area contributed by atoms with Crippen LogP contribution >= 0.6 is 11.8 Å². The van der Waals surface area contributed by atoms with Crippen LogP contribution in [0.3, 0.4) is 0 Å². The molecule has 6 rings (SSSR count). The van der Waals surface area contributed by atoms with E-state index in [4.69, 9.17) is 4.74 Å². The fourth-order valence-electron chi connectivity index (χ4n) is 5.45. The van der Waals surface area contributed by atoms with Crippen molar-refractivity contribution >= 4 is 40.4 Å². The van der Waals surface area contributed by atoms with E-state index >= 15 is 0 Å². The lowest BCUT2D eigenvalue weighted by Crippen LogP contribution is -2.38. The minimum atomic E-state index is -0.365. The predicted molar refractivity (Wildman–Crippen MR) is 133 cm³/mol. The third kappa shape index (κ3) is 3.96. The summed E-state index contributed by atoms with van der Waals surface area (Å²) in [6, 6.07) is 7.09. The maximum absolute atomic E-state index is 14.6. The first-order chi connectivity index (χ1) is 17.4. The summed E-state index contributed by atoms with van der Waals surface area (Å²) in [6.07, 6.45) is 1.76. The number of aromatic nitrogens is 3. The molecule has 9 nitrogen and oxygen atoms in total. The normalized spacial score (nSPS) is 24.7. The van der Waals surface area contributed by atoms with Gasteiger partial charge in [-0.3, -0.25) is 14.6 Å². The van der Waals surface area contributed by atoms with E-state index < -0.39 is 0 Å². The number of carbonyl (C=O) groups excluding carboxylic acids is 2. The zero-order valence-corrected chi connectivity index (χ0v) is 20.7. The van der Waals surface area contributed by atoms with Crippen molar-refractivity contribution in [2.75, 3.05) is 37.8 Å². The zero-order valence-electron chi connectivity index (χ0n) is 19.9. The highest BCUT2D eigenvalue weighted by Gasteiger charge is 2.66. The Balaban J connectivity index is 1.08. The molecule has 3 aromatic heterocycles. The van der Waals surface area contributed by atoms with Gasteiger partial charge in [-0.25, -0.2) is 14.4 Å². The molecule has 11 heteroatoms. The summed E-state index contributed by atoms with van der Waals surface area (Å²) in [7, 11) is 1.53. The first kappa shape index (κ1) is 23.1. The number of likely N-dealkylation sites (tertiary alicyclic amines) is 1. The monoisotopic (exact) mass is 508 g/mol. The molecule has 0 spiro atoms. The summed E-state index contributed by atoms with van der Waals surface area (Å²) in [5.41, 5.74) is 1.97. The molecule has 3 aromatic rings. The number of nitrogens with one attached hydrogen (secondary N) is 2. The summed E-state index contributed by atoms with van der Waals surface area (Å²) in [4.78, 5) is 40.6. The Morgan fingerprint density at radius 2 is 2.19 bits per heavy atom. The quantitative estimate of drug-likeness (QED) is 0.523. The summed E-state index contributed by atoms with van der Waals surface area (Å²) in [6.45, 7) is 4.50. The lowest BCUT2D eigenvalue weighted by atomic mass is 10.1. The summed E-state index contributed by atoms with van der Waals surface area (Å²) < 4.78 is 19.8. The molecule has 2 N–H and O–H groups in total. The molecule has 3 atom stereocenters. The number of fused-ring (bicyclic) bond motifs is 3. The number of carbonyl (C=O) groups is 2. The van der Waals surface area contributed by atoms with Crippen LogP contribution in [0, 0.1) is 17.2 Å². The Hall–Kier alpha value is -3.31. The number of anilines is 1. The van der Waals surface area contributed by atoms with Gasteiger partial charge in [0.25, 0.3) is 5.91 Å². The van der Waals surface area contributed by atoms with E-state index in [0.717, 1.165) is 18.0 Å². The van der Waals surface area contributed by atoms with Gasteiger partial charge in [-0.1, -0.05) is 6.92 Å². The lowest BCUT2D eigenvalue weighted by molar-refractivity contribution is -0.113. The number of halogens is 1. The van der Waals surface area contributed by atoms with Crippen LogP contribution < -0.4 is 15.4 Å². The van der Waals surface area contributed by atoms with Crippen LogP contribution in [-0.4, -0.2) is 70.2 Å². The molecule has 2 aliphatic heterocycles. The van der Waals surface area contributed by atoms with Crippen molar-refractivity contribution in [1.82, 2.24) is 25.2 Å². The molecule has 1 aliphatic carbocycles. The van der Waals surface area contributed by atoms with Crippen LogP contribution in [0.5, 0.6) is 5.88 Å². The van der Waals surface area contributed by atoms with Crippen molar-refractivity contribution in [3.63, 3.8) is 0 Å². The van der Waals surface area contributed by atoms with E-state index in [-0.39, 0.29) is 29.1 Å². The standard InChI is InChI=1S/C25H25FN6O3S/c1-25-12-32(8-7-13-15(26)9-27-16-4-6-20(35-2)30-21(13)16)10-14(25)22(25)31-24(34)17-3-5-18-23(28-17)29-19(33)11-36-18/h3-6,9,14,22H,7-8,10-12H2,1-2H3,(H,31,34)(H,28,29,33)/t14-,22?,25?/m0/s1. The maximum atomic E-state index is 14.6. The predicted octanol–water partition coefficient (Wildman–Crippen LogP) is 2.51. The average molecular weight is 509 g/mol. The molecule has 2 amide bonds. The van der Waals surface area contributed by atoms with Crippen LogP contribution in [0.1, 0.15) is 23.0 Å². The smallest absolute Gasteiger partial charge is 0.270 e. The minimum Gasteiger partial charge on any atom is -0.481 e. The minimum absolute atomic E-state index is 0.0335. The second-order valence-electron chi connectivity index (χ2n) is 9.73. The Morgan fingerprint density at radius 3 is 2.97 bits per heavy atom. The molecule has 36 heavy (non-hydrogen) atoms. The van der Waals surface area contributed by atoms with Gasteiger partial charge in [0.1, 0.15) is 17.3 Å². The van der Waals surface area contributed by atoms with Gasteiger partial charge in [0.2, 0.25) is 11.8 Å². The second kappa shape index (κ2) is 8.67. The van der Waals surface area contributed by atoms with Crippen molar-refractivity contribution in [2.24, 2.45) is 11.3 Å². The van der Waals surface area contributed by atoms with Gasteiger partial charge in [-0.2, -0.15) is 0 Å². The molecule has 0 radical (unpaired) electrons. The van der Waals surface area contributed by atoms with Gasteiger partial charge >= 0.3 is 0 Å². The highest BCUT2D eigenvalue weighted by molar-refractivity contribution is 8.00. The molecule has 186 valence electrons. The molecule has 1 saturated carbocycles. The third-order valence-electron chi connectivity index (χ3n) is 7.49. The van der Waals surface area contributed by atoms with Gasteiger partial charge in [-0.05, 0) is 24.6 Å². The fourth-order valence-corrected chi connectivity index (χ4v) is 6.21. The molecule has 0 bridgehead atoms. The largest absolute Gasteiger partial charge is 0.481 e. The third-order valence-corrected chi connectivity index (χ3v) is 8.54. The number of ether oxygens (including phenoxy) is 1. The van der Waals surface area contributed by atoms with Gasteiger partial charge in [0.05, 0.1) is 35.0 Å². The highest BCUT2D eigenvalue weighted by atomic mass is 32.2. The van der Waals surface area contributed by atoms with E-state index in [0.29, 0.717) is 58.6 Å². The number of pyridine rings is 3. The summed E-state index contributed by atoms with van der Waals surface area (Å²) in [5.74, 6) is 0.840. The first-order valence-electron chi connectivity index (χ1n) is 11.8. The van der Waals surface area contributed by atoms with Crippen molar-refractivity contribution < 1.29 is 18.7 Å². The number of methoxy groups -OCH3 is 1. The van der Waals surface area contributed by atoms with Crippen molar-refractivity contribution in [1.29, 1.82) is 0 Å². The second-order valence-corrected chi connectivity index (χ2v) is 10.8. The number of hydrogen-bond donors (Lipinski definition) is 2. The van der Waals surface area contributed by atoms with Crippen LogP contribution in [0.2, 0.25) is 0 Å². The van der Waals surface area contributed by atoms with Crippen LogP contribution in [-0.2, 0) is 11.2 Å². The van der Waals surface area contributed by atoms with E-state index in [9.17, 15) is 14.0 Å². The lowest BCUT2D eigenvalue weighted by Gasteiger charge is -2.22. The van der Waals surface area contributed by atoms with Gasteiger partial charge < -0.3 is 20.3 Å². The number of amides is 2. The van der Waals surface area contributed by atoms with Gasteiger partial charge in [0.15, 0.2) is 0 Å². The maximum Gasteiger partial charge on any atom is 0.270 e. The number of thioether (sulfide) groups is 1. The fraction of sp³-hybridized carbons (Fsp3) is 0.400. The number of rotatable bonds is 6. The van der Waals surface area contributed by atoms with E-state index in [2.05, 4.69) is 37.4 Å². The zero-order chi connectivity index (χ0) is 25.0. The Bertz CT molecular complexity index is 1400.